The topological polar surface area (TPSA) is 40.5 Å². The Kier molecular flexibility index (Phi) is 4.04. The molecule has 1 aliphatic rings. The molecule has 2 rings (SSSR count). The monoisotopic (exact) mass is 265 g/mol. The Morgan fingerprint density at radius 2 is 2.33 bits per heavy atom. The first-order chi connectivity index (χ1) is 8.56. The van der Waals surface area contributed by atoms with Gasteiger partial charge in [-0.05, 0) is 37.1 Å². The number of amides is 1. The molecule has 0 radical (unpaired) electrons. The molecule has 3 nitrogen and oxygen atoms in total. The second-order valence-corrected chi connectivity index (χ2v) is 5.01. The molecule has 0 unspecified atom stereocenters. The smallest absolute Gasteiger partial charge is 0.249 e. The van der Waals surface area contributed by atoms with Gasteiger partial charge in [-0.3, -0.25) is 4.79 Å². The zero-order valence-electron chi connectivity index (χ0n) is 10.3. The number of β-amino-alcohol motifs (C(OH)–C–C–N with tert-alkyl or cyclic N) is 1. The summed E-state index contributed by atoms with van der Waals surface area (Å²) in [6.45, 7) is 2.84. The highest BCUT2D eigenvalue weighted by Gasteiger charge is 2.24. The Morgan fingerprint density at radius 1 is 1.56 bits per heavy atom. The number of carbonyl (C=O) groups is 1. The van der Waals surface area contributed by atoms with Crippen LogP contribution in [0.5, 0.6) is 0 Å². The lowest BCUT2D eigenvalue weighted by atomic mass is 10.1. The van der Waals surface area contributed by atoms with Gasteiger partial charge in [0.15, 0.2) is 0 Å². The summed E-state index contributed by atoms with van der Waals surface area (Å²) in [6, 6.07) is 7.37. The molecule has 1 atom stereocenters. The van der Waals surface area contributed by atoms with Crippen molar-refractivity contribution in [3.8, 4) is 0 Å². The predicted molar refractivity (Wildman–Crippen MR) is 72.3 cm³/mol. The average Bonchev–Trinajstić information content (AvgIpc) is 2.75. The number of aliphatic hydroxyl groups excluding tert-OH is 1. The Morgan fingerprint density at radius 3 is 2.94 bits per heavy atom. The molecule has 0 spiro atoms. The van der Waals surface area contributed by atoms with E-state index in [4.69, 9.17) is 11.6 Å². The number of carbonyl (C=O) groups excluding carboxylic acids is 1. The highest BCUT2D eigenvalue weighted by atomic mass is 35.5. The maximum atomic E-state index is 12.1. The molecule has 18 heavy (non-hydrogen) atoms. The number of likely N-dealkylation sites (tertiary alicyclic amines) is 1. The summed E-state index contributed by atoms with van der Waals surface area (Å²) in [5.74, 6) is -0.0217. The van der Waals surface area contributed by atoms with Crippen LogP contribution in [0.3, 0.4) is 0 Å². The van der Waals surface area contributed by atoms with Gasteiger partial charge in [-0.1, -0.05) is 23.7 Å². The first-order valence-corrected chi connectivity index (χ1v) is 6.35. The standard InChI is InChI=1S/C14H16ClNO2/c1-10(7-11-3-2-4-12(15)8-11)14(18)16-6-5-13(17)9-16/h2-4,7-8,13,17H,5-6,9H2,1H3/b10-7-/t13-/m0/s1. The third-order valence-corrected chi connectivity index (χ3v) is 3.25. The van der Waals surface area contributed by atoms with Gasteiger partial charge < -0.3 is 10.0 Å². The van der Waals surface area contributed by atoms with Crippen LogP contribution >= 0.6 is 11.6 Å². The summed E-state index contributed by atoms with van der Waals surface area (Å²) in [4.78, 5) is 13.8. The van der Waals surface area contributed by atoms with Gasteiger partial charge in [0.25, 0.3) is 0 Å². The molecule has 1 fully saturated rings. The lowest BCUT2D eigenvalue weighted by Gasteiger charge is -2.15. The largest absolute Gasteiger partial charge is 0.391 e. The van der Waals surface area contributed by atoms with E-state index >= 15 is 0 Å². The summed E-state index contributed by atoms with van der Waals surface area (Å²) in [7, 11) is 0. The van der Waals surface area contributed by atoms with Crippen molar-refractivity contribution in [1.29, 1.82) is 0 Å². The van der Waals surface area contributed by atoms with E-state index in [9.17, 15) is 9.90 Å². The average molecular weight is 266 g/mol. The van der Waals surface area contributed by atoms with Crippen molar-refractivity contribution in [1.82, 2.24) is 4.90 Å². The third kappa shape index (κ3) is 3.12. The molecule has 1 aliphatic heterocycles. The first-order valence-electron chi connectivity index (χ1n) is 5.97. The molecule has 0 saturated carbocycles. The van der Waals surface area contributed by atoms with Gasteiger partial charge in [0.05, 0.1) is 6.10 Å². The number of hydrogen-bond acceptors (Lipinski definition) is 2. The fraction of sp³-hybridized carbons (Fsp3) is 0.357. The molecule has 1 aromatic carbocycles. The molecule has 1 amide bonds. The van der Waals surface area contributed by atoms with Gasteiger partial charge in [0.1, 0.15) is 0 Å². The van der Waals surface area contributed by atoms with Crippen LogP contribution < -0.4 is 0 Å². The molecular weight excluding hydrogens is 250 g/mol. The quantitative estimate of drug-likeness (QED) is 0.834. The highest BCUT2D eigenvalue weighted by molar-refractivity contribution is 6.30. The van der Waals surface area contributed by atoms with E-state index in [1.807, 2.05) is 24.3 Å². The van der Waals surface area contributed by atoms with Crippen LogP contribution in [0.1, 0.15) is 18.9 Å². The number of aliphatic hydroxyl groups is 1. The van der Waals surface area contributed by atoms with Gasteiger partial charge in [-0.2, -0.15) is 0 Å². The predicted octanol–water partition coefficient (Wildman–Crippen LogP) is 2.34. The van der Waals surface area contributed by atoms with Crippen LogP contribution in [0, 0.1) is 0 Å². The number of hydrogen-bond donors (Lipinski definition) is 1. The number of halogens is 1. The zero-order valence-corrected chi connectivity index (χ0v) is 11.0. The zero-order chi connectivity index (χ0) is 13.1. The van der Waals surface area contributed by atoms with E-state index in [0.717, 1.165) is 5.56 Å². The first kappa shape index (κ1) is 13.1. The van der Waals surface area contributed by atoms with E-state index in [0.29, 0.717) is 30.1 Å². The van der Waals surface area contributed by atoms with Crippen LogP contribution in [0.4, 0.5) is 0 Å². The van der Waals surface area contributed by atoms with Gasteiger partial charge in [-0.15, -0.1) is 0 Å². The summed E-state index contributed by atoms with van der Waals surface area (Å²) < 4.78 is 0. The second kappa shape index (κ2) is 5.55. The maximum absolute atomic E-state index is 12.1. The molecule has 1 aromatic rings. The number of nitrogens with zero attached hydrogens (tertiary/aromatic N) is 1. The van der Waals surface area contributed by atoms with Gasteiger partial charge in [0.2, 0.25) is 5.91 Å². The highest BCUT2D eigenvalue weighted by Crippen LogP contribution is 2.17. The van der Waals surface area contributed by atoms with Crippen molar-refractivity contribution in [2.24, 2.45) is 0 Å². The normalized spacial score (nSPS) is 20.3. The minimum atomic E-state index is -0.382. The molecule has 1 heterocycles. The fourth-order valence-electron chi connectivity index (χ4n) is 2.08. The second-order valence-electron chi connectivity index (χ2n) is 4.58. The Bertz CT molecular complexity index is 484. The lowest BCUT2D eigenvalue weighted by molar-refractivity contribution is -0.126. The lowest BCUT2D eigenvalue weighted by Crippen LogP contribution is -2.30. The van der Waals surface area contributed by atoms with Gasteiger partial charge in [-0.25, -0.2) is 0 Å². The Balaban J connectivity index is 2.11. The van der Waals surface area contributed by atoms with Crippen molar-refractivity contribution in [2.75, 3.05) is 13.1 Å². The number of benzene rings is 1. The molecular formula is C14H16ClNO2. The summed E-state index contributed by atoms with van der Waals surface area (Å²) >= 11 is 5.90. The van der Waals surface area contributed by atoms with E-state index in [1.54, 1.807) is 17.9 Å². The van der Waals surface area contributed by atoms with Crippen LogP contribution in [-0.2, 0) is 4.79 Å². The van der Waals surface area contributed by atoms with Gasteiger partial charge >= 0.3 is 0 Å². The molecule has 1 N–H and O–H groups in total. The van der Waals surface area contributed by atoms with Crippen LogP contribution in [0.25, 0.3) is 6.08 Å². The minimum Gasteiger partial charge on any atom is -0.391 e. The van der Waals surface area contributed by atoms with E-state index < -0.39 is 0 Å². The van der Waals surface area contributed by atoms with E-state index in [1.165, 1.54) is 0 Å². The summed E-state index contributed by atoms with van der Waals surface area (Å²) in [5.41, 5.74) is 1.57. The molecule has 0 aliphatic carbocycles. The van der Waals surface area contributed by atoms with Crippen LogP contribution in [0.2, 0.25) is 5.02 Å². The molecule has 4 heteroatoms. The van der Waals surface area contributed by atoms with Crippen molar-refractivity contribution < 1.29 is 9.90 Å². The van der Waals surface area contributed by atoms with Crippen molar-refractivity contribution in [2.45, 2.75) is 19.4 Å². The maximum Gasteiger partial charge on any atom is 0.249 e. The van der Waals surface area contributed by atoms with Gasteiger partial charge in [0, 0.05) is 23.7 Å². The Hall–Kier alpha value is -1.32. The molecule has 0 aromatic heterocycles. The fourth-order valence-corrected chi connectivity index (χ4v) is 2.28. The van der Waals surface area contributed by atoms with Crippen molar-refractivity contribution in [3.05, 3.63) is 40.4 Å². The van der Waals surface area contributed by atoms with E-state index in [2.05, 4.69) is 0 Å². The molecule has 0 bridgehead atoms. The van der Waals surface area contributed by atoms with Crippen molar-refractivity contribution in [3.63, 3.8) is 0 Å². The minimum absolute atomic E-state index is 0.0217. The summed E-state index contributed by atoms with van der Waals surface area (Å²) in [5, 5.41) is 10.1. The van der Waals surface area contributed by atoms with Crippen LogP contribution in [0.15, 0.2) is 29.8 Å². The van der Waals surface area contributed by atoms with Crippen molar-refractivity contribution >= 4 is 23.6 Å². The summed E-state index contributed by atoms with van der Waals surface area (Å²) in [6.07, 6.45) is 2.10. The third-order valence-electron chi connectivity index (χ3n) is 3.02. The molecule has 96 valence electrons. The number of rotatable bonds is 2. The Labute approximate surface area is 112 Å². The van der Waals surface area contributed by atoms with Crippen LogP contribution in [-0.4, -0.2) is 35.1 Å². The van der Waals surface area contributed by atoms with E-state index in [-0.39, 0.29) is 12.0 Å². The SMILES string of the molecule is C/C(=C/c1cccc(Cl)c1)C(=O)N1CC[C@H](O)C1. The molecule has 1 saturated heterocycles.